The van der Waals surface area contributed by atoms with Crippen molar-refractivity contribution in [2.45, 2.75) is 57.1 Å². The van der Waals surface area contributed by atoms with Crippen molar-refractivity contribution in [1.29, 1.82) is 0 Å². The number of carbonyl (C=O) groups is 1. The highest BCUT2D eigenvalue weighted by molar-refractivity contribution is 6.32. The fraction of sp³-hybridized carbons (Fsp3) is 0.367. The summed E-state index contributed by atoms with van der Waals surface area (Å²) in [6.45, 7) is 2.14. The SMILES string of the molecule is Cc1c(Cl)ccc2c1N=C/C2=C\c1[nH]c(=O)n(C(C(=O)NCC23CCC(O)(CC2)CC3)c2ccc(F)c(F)c2)c1O. The Bertz CT molecular complexity index is 1670. The molecule has 3 fully saturated rings. The van der Waals surface area contributed by atoms with Crippen LogP contribution >= 0.6 is 11.6 Å². The number of nitrogens with zero attached hydrogens (tertiary/aromatic N) is 2. The summed E-state index contributed by atoms with van der Waals surface area (Å²) < 4.78 is 29.0. The van der Waals surface area contributed by atoms with Gasteiger partial charge in [0.25, 0.3) is 0 Å². The summed E-state index contributed by atoms with van der Waals surface area (Å²) >= 11 is 6.21. The zero-order chi connectivity index (χ0) is 29.1. The first-order chi connectivity index (χ1) is 19.5. The van der Waals surface area contributed by atoms with Crippen molar-refractivity contribution in [3.05, 3.63) is 79.9 Å². The van der Waals surface area contributed by atoms with Gasteiger partial charge in [0.2, 0.25) is 11.8 Å². The van der Waals surface area contributed by atoms with E-state index in [1.165, 1.54) is 12.1 Å². The van der Waals surface area contributed by atoms with Crippen LogP contribution in [-0.4, -0.2) is 44.0 Å². The summed E-state index contributed by atoms with van der Waals surface area (Å²) in [6.07, 6.45) is 7.33. The van der Waals surface area contributed by atoms with Crippen LogP contribution in [0.1, 0.15) is 67.0 Å². The quantitative estimate of drug-likeness (QED) is 0.320. The van der Waals surface area contributed by atoms with E-state index in [4.69, 9.17) is 11.6 Å². The summed E-state index contributed by atoms with van der Waals surface area (Å²) in [5, 5.41) is 25.2. The number of nitrogens with one attached hydrogen (secondary N) is 2. The molecular formula is C30H29ClF2N4O4. The van der Waals surface area contributed by atoms with Crippen LogP contribution in [0.4, 0.5) is 14.5 Å². The number of aliphatic hydroxyl groups is 1. The minimum atomic E-state index is -1.48. The molecule has 4 aliphatic rings. The molecule has 0 saturated heterocycles. The molecule has 8 nitrogen and oxygen atoms in total. The molecular weight excluding hydrogens is 554 g/mol. The number of halogens is 3. The third-order valence-electron chi connectivity index (χ3n) is 9.00. The van der Waals surface area contributed by atoms with Crippen LogP contribution < -0.4 is 11.0 Å². The van der Waals surface area contributed by atoms with Crippen molar-refractivity contribution in [1.82, 2.24) is 14.9 Å². The number of fused-ring (bicyclic) bond motifs is 4. The van der Waals surface area contributed by atoms with Gasteiger partial charge in [-0.1, -0.05) is 23.7 Å². The largest absolute Gasteiger partial charge is 0.493 e. The molecule has 41 heavy (non-hydrogen) atoms. The lowest BCUT2D eigenvalue weighted by Crippen LogP contribution is -2.51. The molecule has 1 atom stereocenters. The molecule has 11 heteroatoms. The fourth-order valence-corrected chi connectivity index (χ4v) is 6.48. The highest BCUT2D eigenvalue weighted by Crippen LogP contribution is 2.52. The molecule has 3 aromatic rings. The lowest BCUT2D eigenvalue weighted by molar-refractivity contribution is -0.126. The average molecular weight is 583 g/mol. The Labute approximate surface area is 239 Å². The van der Waals surface area contributed by atoms with E-state index in [9.17, 15) is 28.6 Å². The van der Waals surface area contributed by atoms with Gasteiger partial charge in [-0.25, -0.2) is 18.1 Å². The summed E-state index contributed by atoms with van der Waals surface area (Å²) in [7, 11) is 0. The third-order valence-corrected chi connectivity index (χ3v) is 9.41. The minimum absolute atomic E-state index is 0.00536. The van der Waals surface area contributed by atoms with Crippen LogP contribution in [-0.2, 0) is 4.79 Å². The molecule has 1 unspecified atom stereocenters. The molecule has 7 rings (SSSR count). The number of hydrogen-bond acceptors (Lipinski definition) is 5. The van der Waals surface area contributed by atoms with Gasteiger partial charge in [0.15, 0.2) is 11.6 Å². The second-order valence-corrected chi connectivity index (χ2v) is 11.9. The van der Waals surface area contributed by atoms with Crippen LogP contribution in [0.3, 0.4) is 0 Å². The number of hydrogen-bond donors (Lipinski definition) is 4. The van der Waals surface area contributed by atoms with Crippen LogP contribution in [0.5, 0.6) is 5.88 Å². The van der Waals surface area contributed by atoms with Gasteiger partial charge < -0.3 is 20.5 Å². The highest BCUT2D eigenvalue weighted by atomic mass is 35.5. The molecule has 1 aromatic heterocycles. The van der Waals surface area contributed by atoms with E-state index in [0.717, 1.165) is 47.1 Å². The Kier molecular flexibility index (Phi) is 6.66. The lowest BCUT2D eigenvalue weighted by atomic mass is 9.58. The maximum Gasteiger partial charge on any atom is 0.329 e. The third kappa shape index (κ3) is 4.78. The first-order valence-corrected chi connectivity index (χ1v) is 13.9. The summed E-state index contributed by atoms with van der Waals surface area (Å²) in [5.74, 6) is -3.48. The standard InChI is InChI=1S/C30H29ClF2N4O4/c1-16-20(31)4-3-19-18(14-34-24(16)19)13-23-27(39)37(28(40)36-23)25(17-2-5-21(32)22(33)12-17)26(38)35-15-29-6-9-30(41,10-7-29)11-8-29/h2-5,12-14,25,39,41H,6-11,15H2,1H3,(H,35,38)(H,36,40)/b18-13+. The smallest absolute Gasteiger partial charge is 0.329 e. The Hall–Kier alpha value is -3.76. The molecule has 0 spiro atoms. The predicted octanol–water partition coefficient (Wildman–Crippen LogP) is 5.17. The number of aromatic nitrogens is 2. The van der Waals surface area contributed by atoms with E-state index in [-0.39, 0.29) is 16.7 Å². The zero-order valence-electron chi connectivity index (χ0n) is 22.3. The highest BCUT2D eigenvalue weighted by Gasteiger charge is 2.47. The van der Waals surface area contributed by atoms with Crippen molar-refractivity contribution >= 4 is 41.1 Å². The zero-order valence-corrected chi connectivity index (χ0v) is 23.1. The summed E-state index contributed by atoms with van der Waals surface area (Å²) in [5.41, 5.74) is 1.21. The van der Waals surface area contributed by atoms with Gasteiger partial charge in [-0.2, -0.15) is 0 Å². The molecule has 3 saturated carbocycles. The Balaban J connectivity index is 1.35. The Morgan fingerprint density at radius 2 is 1.88 bits per heavy atom. The maximum atomic E-state index is 14.3. The van der Waals surface area contributed by atoms with E-state index in [1.54, 1.807) is 18.3 Å². The Morgan fingerprint density at radius 3 is 2.56 bits per heavy atom. The van der Waals surface area contributed by atoms with Crippen molar-refractivity contribution in [3.63, 3.8) is 0 Å². The monoisotopic (exact) mass is 582 g/mol. The first kappa shape index (κ1) is 27.4. The molecule has 0 radical (unpaired) electrons. The summed E-state index contributed by atoms with van der Waals surface area (Å²) in [6, 6.07) is 4.97. The van der Waals surface area contributed by atoms with Crippen molar-refractivity contribution < 1.29 is 23.8 Å². The number of benzene rings is 2. The van der Waals surface area contributed by atoms with Gasteiger partial charge in [0.05, 0.1) is 11.3 Å². The number of H-pyrrole nitrogens is 1. The number of rotatable bonds is 6. The van der Waals surface area contributed by atoms with E-state index < -0.39 is 40.8 Å². The van der Waals surface area contributed by atoms with Crippen molar-refractivity contribution in [2.75, 3.05) is 6.54 Å². The molecule has 2 bridgehead atoms. The van der Waals surface area contributed by atoms with Gasteiger partial charge in [-0.05, 0) is 86.3 Å². The number of amides is 1. The normalized spacial score (nSPS) is 24.6. The van der Waals surface area contributed by atoms with E-state index in [0.29, 0.717) is 42.1 Å². The van der Waals surface area contributed by atoms with Crippen LogP contribution in [0, 0.1) is 24.0 Å². The topological polar surface area (TPSA) is 120 Å². The predicted molar refractivity (Wildman–Crippen MR) is 152 cm³/mol. The first-order valence-electron chi connectivity index (χ1n) is 13.5. The average Bonchev–Trinajstić information content (AvgIpc) is 3.49. The number of allylic oxidation sites excluding steroid dienone is 1. The number of aromatic hydroxyl groups is 1. The van der Waals surface area contributed by atoms with E-state index >= 15 is 0 Å². The molecule has 214 valence electrons. The molecule has 2 heterocycles. The second kappa shape index (κ2) is 9.95. The lowest BCUT2D eigenvalue weighted by Gasteiger charge is -2.51. The van der Waals surface area contributed by atoms with Gasteiger partial charge in [0, 0.05) is 28.9 Å². The summed E-state index contributed by atoms with van der Waals surface area (Å²) in [4.78, 5) is 33.9. The van der Waals surface area contributed by atoms with Crippen molar-refractivity contribution in [3.8, 4) is 5.88 Å². The van der Waals surface area contributed by atoms with Gasteiger partial charge >= 0.3 is 5.69 Å². The molecule has 4 N–H and O–H groups in total. The second-order valence-electron chi connectivity index (χ2n) is 11.5. The molecule has 1 amide bonds. The number of carbonyl (C=O) groups excluding carboxylic acids is 1. The van der Waals surface area contributed by atoms with Crippen LogP contribution in [0.15, 0.2) is 40.1 Å². The fourth-order valence-electron chi connectivity index (χ4n) is 6.33. The number of aliphatic imine (C=N–C) groups is 1. The minimum Gasteiger partial charge on any atom is -0.493 e. The molecule has 1 aliphatic heterocycles. The molecule has 2 aromatic carbocycles. The van der Waals surface area contributed by atoms with Gasteiger partial charge in [0.1, 0.15) is 11.7 Å². The maximum absolute atomic E-state index is 14.3. The van der Waals surface area contributed by atoms with E-state index in [1.807, 2.05) is 6.92 Å². The van der Waals surface area contributed by atoms with Crippen molar-refractivity contribution in [2.24, 2.45) is 10.4 Å². The Morgan fingerprint density at radius 1 is 1.17 bits per heavy atom. The van der Waals surface area contributed by atoms with E-state index in [2.05, 4.69) is 15.3 Å². The molecule has 3 aliphatic carbocycles. The van der Waals surface area contributed by atoms with Crippen LogP contribution in [0.2, 0.25) is 5.02 Å². The van der Waals surface area contributed by atoms with Gasteiger partial charge in [-0.3, -0.25) is 9.79 Å². The number of imidazole rings is 1. The van der Waals surface area contributed by atoms with Gasteiger partial charge in [-0.15, -0.1) is 0 Å². The number of aromatic amines is 1. The van der Waals surface area contributed by atoms with Crippen LogP contribution in [0.25, 0.3) is 11.6 Å².